The lowest BCUT2D eigenvalue weighted by molar-refractivity contribution is 0.0303. The lowest BCUT2D eigenvalue weighted by atomic mass is 10.1. The van der Waals surface area contributed by atoms with Gasteiger partial charge in [0.05, 0.1) is 24.5 Å². The maximum absolute atomic E-state index is 12.9. The molecule has 0 aromatic heterocycles. The van der Waals surface area contributed by atoms with Gasteiger partial charge in [-0.15, -0.1) is 0 Å². The molecule has 0 bridgehead atoms. The molecule has 2 N–H and O–H groups in total. The molecule has 1 fully saturated rings. The molecule has 0 radical (unpaired) electrons. The Morgan fingerprint density at radius 1 is 0.833 bits per heavy atom. The smallest absolute Gasteiger partial charge is 0.257 e. The van der Waals surface area contributed by atoms with Crippen molar-refractivity contribution in [1.29, 1.82) is 0 Å². The highest BCUT2D eigenvalue weighted by Crippen LogP contribution is 2.18. The molecule has 3 aromatic carbocycles. The van der Waals surface area contributed by atoms with Crippen molar-refractivity contribution >= 4 is 34.8 Å². The monoisotopic (exact) mass is 505 g/mol. The van der Waals surface area contributed by atoms with Crippen molar-refractivity contribution in [1.82, 2.24) is 10.2 Å². The Balaban J connectivity index is 1.27. The van der Waals surface area contributed by atoms with Gasteiger partial charge < -0.3 is 24.4 Å². The number of benzene rings is 3. The quantitative estimate of drug-likeness (QED) is 0.356. The van der Waals surface area contributed by atoms with Crippen molar-refractivity contribution in [2.24, 2.45) is 0 Å². The molecule has 0 spiro atoms. The van der Waals surface area contributed by atoms with Crippen LogP contribution in [0.4, 0.5) is 5.69 Å². The van der Waals surface area contributed by atoms with Gasteiger partial charge in [-0.05, 0) is 60.7 Å². The number of hydrogen-bond donors (Lipinski definition) is 2. The Morgan fingerprint density at radius 2 is 1.44 bits per heavy atom. The van der Waals surface area contributed by atoms with Crippen LogP contribution in [0.15, 0.2) is 78.9 Å². The van der Waals surface area contributed by atoms with Crippen molar-refractivity contribution in [3.05, 3.63) is 90.0 Å². The van der Waals surface area contributed by atoms with E-state index in [0.29, 0.717) is 62.1 Å². The van der Waals surface area contributed by atoms with Crippen molar-refractivity contribution in [3.8, 4) is 11.5 Å². The fourth-order valence-electron chi connectivity index (χ4n) is 3.58. The van der Waals surface area contributed by atoms with Crippen LogP contribution in [0.5, 0.6) is 11.5 Å². The normalized spacial score (nSPS) is 12.9. The largest absolute Gasteiger partial charge is 0.490 e. The van der Waals surface area contributed by atoms with E-state index in [4.69, 9.17) is 26.4 Å². The zero-order valence-corrected chi connectivity index (χ0v) is 20.5. The summed E-state index contributed by atoms with van der Waals surface area (Å²) in [6.45, 7) is 2.88. The zero-order valence-electron chi connectivity index (χ0n) is 19.6. The van der Waals surface area contributed by atoms with Gasteiger partial charge in [-0.3, -0.25) is 14.9 Å². The minimum Gasteiger partial charge on any atom is -0.490 e. The third-order valence-corrected chi connectivity index (χ3v) is 5.62. The number of carbonyl (C=O) groups excluding carboxylic acids is 2. The first-order valence-corrected chi connectivity index (χ1v) is 12.0. The SMILES string of the molecule is O=C(NC(=S)Nc1ccccc1C(=O)N1CCOCC1)c1ccc(OCCOc2ccccc2)cc1. The summed E-state index contributed by atoms with van der Waals surface area (Å²) in [7, 11) is 0. The van der Waals surface area contributed by atoms with Crippen LogP contribution in [0, 0.1) is 0 Å². The Kier molecular flexibility index (Phi) is 8.85. The summed E-state index contributed by atoms with van der Waals surface area (Å²) in [5.74, 6) is 0.925. The highest BCUT2D eigenvalue weighted by Gasteiger charge is 2.21. The Morgan fingerprint density at radius 3 is 2.14 bits per heavy atom. The molecule has 1 aliphatic heterocycles. The molecule has 9 heteroatoms. The lowest BCUT2D eigenvalue weighted by Gasteiger charge is -2.27. The predicted molar refractivity (Wildman–Crippen MR) is 141 cm³/mol. The van der Waals surface area contributed by atoms with Gasteiger partial charge in [0.15, 0.2) is 5.11 Å². The topological polar surface area (TPSA) is 89.1 Å². The molecule has 0 aliphatic carbocycles. The van der Waals surface area contributed by atoms with Crippen molar-refractivity contribution in [3.63, 3.8) is 0 Å². The van der Waals surface area contributed by atoms with Gasteiger partial charge in [-0.2, -0.15) is 0 Å². The van der Waals surface area contributed by atoms with Crippen LogP contribution in [0.3, 0.4) is 0 Å². The first kappa shape index (κ1) is 25.2. The first-order valence-electron chi connectivity index (χ1n) is 11.6. The Bertz CT molecular complexity index is 1180. The van der Waals surface area contributed by atoms with E-state index in [1.807, 2.05) is 30.3 Å². The molecule has 186 valence electrons. The second-order valence-corrected chi connectivity index (χ2v) is 8.30. The standard InChI is InChI=1S/C27H27N3O5S/c31-25(20-10-12-22(13-11-20)35-19-18-34-21-6-2-1-3-7-21)29-27(36)28-24-9-5-4-8-23(24)26(32)30-14-16-33-17-15-30/h1-13H,14-19H2,(H2,28,29,31,36). The van der Waals surface area contributed by atoms with E-state index in [9.17, 15) is 9.59 Å². The van der Waals surface area contributed by atoms with E-state index in [-0.39, 0.29) is 16.9 Å². The maximum atomic E-state index is 12.9. The predicted octanol–water partition coefficient (Wildman–Crippen LogP) is 3.74. The van der Waals surface area contributed by atoms with Gasteiger partial charge in [-0.1, -0.05) is 30.3 Å². The summed E-state index contributed by atoms with van der Waals surface area (Å²) in [6, 6.07) is 23.3. The molecule has 0 atom stereocenters. The highest BCUT2D eigenvalue weighted by atomic mass is 32.1. The second kappa shape index (κ2) is 12.7. The number of nitrogens with zero attached hydrogens (tertiary/aromatic N) is 1. The van der Waals surface area contributed by atoms with Crippen molar-refractivity contribution < 1.29 is 23.8 Å². The van der Waals surface area contributed by atoms with Gasteiger partial charge >= 0.3 is 0 Å². The number of para-hydroxylation sites is 2. The molecule has 0 unspecified atom stereocenters. The summed E-state index contributed by atoms with van der Waals surface area (Å²) < 4.78 is 16.6. The zero-order chi connectivity index (χ0) is 25.2. The lowest BCUT2D eigenvalue weighted by Crippen LogP contribution is -2.41. The number of rotatable bonds is 8. The molecule has 8 nitrogen and oxygen atoms in total. The number of thiocarbonyl (C=S) groups is 1. The molecule has 0 saturated carbocycles. The number of nitrogens with one attached hydrogen (secondary N) is 2. The summed E-state index contributed by atoms with van der Waals surface area (Å²) in [6.07, 6.45) is 0. The van der Waals surface area contributed by atoms with Crippen LogP contribution in [-0.2, 0) is 4.74 Å². The molecule has 1 heterocycles. The van der Waals surface area contributed by atoms with E-state index in [0.717, 1.165) is 5.75 Å². The van der Waals surface area contributed by atoms with E-state index in [1.54, 1.807) is 53.4 Å². The van der Waals surface area contributed by atoms with Crippen LogP contribution in [0.2, 0.25) is 0 Å². The number of hydrogen-bond acceptors (Lipinski definition) is 6. The van der Waals surface area contributed by atoms with Gasteiger partial charge in [0.2, 0.25) is 0 Å². The molecule has 1 aliphatic rings. The summed E-state index contributed by atoms with van der Waals surface area (Å²) in [4.78, 5) is 27.3. The fourth-order valence-corrected chi connectivity index (χ4v) is 3.79. The summed E-state index contributed by atoms with van der Waals surface area (Å²) >= 11 is 5.33. The number of morpholine rings is 1. The third-order valence-electron chi connectivity index (χ3n) is 5.41. The highest BCUT2D eigenvalue weighted by molar-refractivity contribution is 7.80. The maximum Gasteiger partial charge on any atom is 0.257 e. The van der Waals surface area contributed by atoms with Crippen LogP contribution >= 0.6 is 12.2 Å². The molecule has 2 amide bonds. The van der Waals surface area contributed by atoms with Crippen molar-refractivity contribution in [2.75, 3.05) is 44.8 Å². The van der Waals surface area contributed by atoms with Gasteiger partial charge in [0.25, 0.3) is 11.8 Å². The third kappa shape index (κ3) is 7.03. The van der Waals surface area contributed by atoms with Gasteiger partial charge in [0.1, 0.15) is 24.7 Å². The first-order chi connectivity index (χ1) is 17.6. The molecular formula is C27H27N3O5S. The number of anilines is 1. The number of ether oxygens (including phenoxy) is 3. The van der Waals surface area contributed by atoms with E-state index >= 15 is 0 Å². The minimum absolute atomic E-state index is 0.0978. The summed E-state index contributed by atoms with van der Waals surface area (Å²) in [5.41, 5.74) is 1.43. The average molecular weight is 506 g/mol. The van der Waals surface area contributed by atoms with Crippen LogP contribution < -0.4 is 20.1 Å². The van der Waals surface area contributed by atoms with E-state index < -0.39 is 0 Å². The van der Waals surface area contributed by atoms with E-state index in [2.05, 4.69) is 10.6 Å². The Labute approximate surface area is 215 Å². The molecule has 3 aromatic rings. The average Bonchev–Trinajstić information content (AvgIpc) is 2.92. The molecule has 1 saturated heterocycles. The second-order valence-electron chi connectivity index (χ2n) is 7.89. The van der Waals surface area contributed by atoms with Gasteiger partial charge in [0, 0.05) is 18.7 Å². The molecule has 36 heavy (non-hydrogen) atoms. The van der Waals surface area contributed by atoms with E-state index in [1.165, 1.54) is 0 Å². The fraction of sp³-hybridized carbons (Fsp3) is 0.222. The molecular weight excluding hydrogens is 478 g/mol. The van der Waals surface area contributed by atoms with Crippen LogP contribution in [-0.4, -0.2) is 61.3 Å². The minimum atomic E-state index is -0.372. The number of carbonyl (C=O) groups is 2. The molecule has 4 rings (SSSR count). The Hall–Kier alpha value is -3.95. The summed E-state index contributed by atoms with van der Waals surface area (Å²) in [5, 5.41) is 5.73. The van der Waals surface area contributed by atoms with Crippen molar-refractivity contribution in [2.45, 2.75) is 0 Å². The van der Waals surface area contributed by atoms with Crippen LogP contribution in [0.25, 0.3) is 0 Å². The van der Waals surface area contributed by atoms with Gasteiger partial charge in [-0.25, -0.2) is 0 Å². The number of amides is 2. The van der Waals surface area contributed by atoms with Crippen LogP contribution in [0.1, 0.15) is 20.7 Å².